The zero-order chi connectivity index (χ0) is 19.2. The maximum Gasteiger partial charge on any atom is 0.0946 e. The standard InChI is InChI=1S/C19H16Cl4N2OS/c20-14-2-1-13(18(22)7-14)10-26-11-16(9-25-6-5-24-12-25)27-15-3-4-17(21)19(23)8-15/h1-8,12,16H,9-11H2. The van der Waals surface area contributed by atoms with Gasteiger partial charge >= 0.3 is 0 Å². The lowest BCUT2D eigenvalue weighted by Gasteiger charge is -2.18. The van der Waals surface area contributed by atoms with Gasteiger partial charge in [0.15, 0.2) is 0 Å². The van der Waals surface area contributed by atoms with Crippen LogP contribution in [0.2, 0.25) is 20.1 Å². The number of rotatable bonds is 8. The lowest BCUT2D eigenvalue weighted by atomic mass is 10.2. The van der Waals surface area contributed by atoms with Crippen LogP contribution in [-0.4, -0.2) is 21.4 Å². The Hall–Kier alpha value is -0.880. The van der Waals surface area contributed by atoms with Crippen molar-refractivity contribution in [1.82, 2.24) is 9.55 Å². The number of aromatic nitrogens is 2. The van der Waals surface area contributed by atoms with Crippen LogP contribution in [0.4, 0.5) is 0 Å². The average Bonchev–Trinajstić information content (AvgIpc) is 3.13. The molecular weight excluding hydrogens is 446 g/mol. The van der Waals surface area contributed by atoms with E-state index in [1.54, 1.807) is 42.5 Å². The second kappa shape index (κ2) is 10.1. The van der Waals surface area contributed by atoms with Gasteiger partial charge in [0.2, 0.25) is 0 Å². The van der Waals surface area contributed by atoms with Crippen molar-refractivity contribution in [3.05, 3.63) is 80.8 Å². The molecule has 0 saturated carbocycles. The van der Waals surface area contributed by atoms with Gasteiger partial charge in [-0.15, -0.1) is 11.8 Å². The van der Waals surface area contributed by atoms with E-state index < -0.39 is 0 Å². The molecule has 8 heteroatoms. The minimum absolute atomic E-state index is 0.155. The molecule has 2 aromatic carbocycles. The number of hydrogen-bond acceptors (Lipinski definition) is 3. The zero-order valence-corrected chi connectivity index (χ0v) is 18.0. The molecule has 0 fully saturated rings. The summed E-state index contributed by atoms with van der Waals surface area (Å²) in [6.45, 7) is 1.69. The first-order valence-electron chi connectivity index (χ1n) is 8.10. The summed E-state index contributed by atoms with van der Waals surface area (Å²) in [5.74, 6) is 0. The molecule has 1 aromatic heterocycles. The first kappa shape index (κ1) is 20.8. The van der Waals surface area contributed by atoms with Crippen LogP contribution in [-0.2, 0) is 17.9 Å². The molecule has 3 rings (SSSR count). The minimum atomic E-state index is 0.155. The largest absolute Gasteiger partial charge is 0.375 e. The molecule has 27 heavy (non-hydrogen) atoms. The Balaban J connectivity index is 1.65. The van der Waals surface area contributed by atoms with Gasteiger partial charge in [0.1, 0.15) is 0 Å². The van der Waals surface area contributed by atoms with Crippen molar-refractivity contribution in [2.45, 2.75) is 23.3 Å². The molecule has 1 heterocycles. The van der Waals surface area contributed by atoms with Crippen molar-refractivity contribution < 1.29 is 4.74 Å². The molecule has 1 unspecified atom stereocenters. The summed E-state index contributed by atoms with van der Waals surface area (Å²) < 4.78 is 7.96. The molecular formula is C19H16Cl4N2OS. The number of hydrogen-bond donors (Lipinski definition) is 0. The van der Waals surface area contributed by atoms with E-state index in [0.717, 1.165) is 17.0 Å². The fourth-order valence-corrected chi connectivity index (χ4v) is 4.39. The Kier molecular flexibility index (Phi) is 7.76. The first-order chi connectivity index (χ1) is 13.0. The minimum Gasteiger partial charge on any atom is -0.375 e. The molecule has 0 aliphatic carbocycles. The number of thioether (sulfide) groups is 1. The van der Waals surface area contributed by atoms with E-state index in [0.29, 0.717) is 33.3 Å². The van der Waals surface area contributed by atoms with Gasteiger partial charge < -0.3 is 9.30 Å². The summed E-state index contributed by atoms with van der Waals surface area (Å²) in [6.07, 6.45) is 5.48. The highest BCUT2D eigenvalue weighted by Crippen LogP contribution is 2.31. The normalized spacial score (nSPS) is 12.3. The molecule has 1 atom stereocenters. The molecule has 0 saturated heterocycles. The summed E-state index contributed by atoms with van der Waals surface area (Å²) in [7, 11) is 0. The number of halogens is 4. The van der Waals surface area contributed by atoms with Crippen LogP contribution >= 0.6 is 58.2 Å². The molecule has 142 valence electrons. The summed E-state index contributed by atoms with van der Waals surface area (Å²) in [4.78, 5) is 5.13. The van der Waals surface area contributed by atoms with Crippen LogP contribution in [0.15, 0.2) is 60.0 Å². The van der Waals surface area contributed by atoms with E-state index in [1.807, 2.05) is 29.0 Å². The van der Waals surface area contributed by atoms with Gasteiger partial charge in [-0.05, 0) is 35.9 Å². The van der Waals surface area contributed by atoms with Crippen LogP contribution in [0.1, 0.15) is 5.56 Å². The SMILES string of the molecule is Clc1ccc(COCC(Cn2ccnc2)Sc2ccc(Cl)c(Cl)c2)c(Cl)c1. The summed E-state index contributed by atoms with van der Waals surface area (Å²) in [5.41, 5.74) is 0.905. The molecule has 0 bridgehead atoms. The van der Waals surface area contributed by atoms with Gasteiger partial charge in [-0.2, -0.15) is 0 Å². The van der Waals surface area contributed by atoms with E-state index in [2.05, 4.69) is 4.98 Å². The number of benzene rings is 2. The zero-order valence-electron chi connectivity index (χ0n) is 14.1. The van der Waals surface area contributed by atoms with E-state index in [-0.39, 0.29) is 5.25 Å². The van der Waals surface area contributed by atoms with Gasteiger partial charge in [0, 0.05) is 33.9 Å². The third-order valence-electron chi connectivity index (χ3n) is 3.74. The Bertz CT molecular complexity index is 889. The lowest BCUT2D eigenvalue weighted by molar-refractivity contribution is 0.119. The fourth-order valence-electron chi connectivity index (χ4n) is 2.44. The van der Waals surface area contributed by atoms with Crippen LogP contribution in [0.3, 0.4) is 0 Å². The Labute approximate surface area is 182 Å². The molecule has 3 nitrogen and oxygen atoms in total. The van der Waals surface area contributed by atoms with Gasteiger partial charge in [-0.3, -0.25) is 0 Å². The van der Waals surface area contributed by atoms with Crippen molar-refractivity contribution in [2.75, 3.05) is 6.61 Å². The smallest absolute Gasteiger partial charge is 0.0946 e. The summed E-state index contributed by atoms with van der Waals surface area (Å²) >= 11 is 26.0. The van der Waals surface area contributed by atoms with Crippen molar-refractivity contribution in [3.8, 4) is 0 Å². The Morgan fingerprint density at radius 1 is 1.00 bits per heavy atom. The van der Waals surface area contributed by atoms with Crippen LogP contribution in [0.5, 0.6) is 0 Å². The van der Waals surface area contributed by atoms with Gasteiger partial charge in [-0.1, -0.05) is 52.5 Å². The molecule has 3 aromatic rings. The number of ether oxygens (including phenoxy) is 1. The molecule has 0 N–H and O–H groups in total. The average molecular weight is 462 g/mol. The predicted molar refractivity (Wildman–Crippen MR) is 114 cm³/mol. The third kappa shape index (κ3) is 6.31. The molecule has 0 amide bonds. The molecule has 0 radical (unpaired) electrons. The summed E-state index contributed by atoms with van der Waals surface area (Å²) in [6, 6.07) is 11.0. The Morgan fingerprint density at radius 2 is 1.85 bits per heavy atom. The maximum absolute atomic E-state index is 6.21. The van der Waals surface area contributed by atoms with E-state index in [9.17, 15) is 0 Å². The predicted octanol–water partition coefficient (Wildman–Crippen LogP) is 6.87. The second-order valence-electron chi connectivity index (χ2n) is 5.83. The molecule has 0 aliphatic heterocycles. The van der Waals surface area contributed by atoms with Crippen LogP contribution in [0.25, 0.3) is 0 Å². The second-order valence-corrected chi connectivity index (χ2v) is 8.86. The van der Waals surface area contributed by atoms with Crippen molar-refractivity contribution in [2.24, 2.45) is 0 Å². The third-order valence-corrected chi connectivity index (χ3v) is 6.21. The highest BCUT2D eigenvalue weighted by atomic mass is 35.5. The molecule has 0 aliphatic rings. The van der Waals surface area contributed by atoms with Crippen LogP contribution in [0, 0.1) is 0 Å². The van der Waals surface area contributed by atoms with E-state index in [1.165, 1.54) is 0 Å². The van der Waals surface area contributed by atoms with Crippen molar-refractivity contribution in [3.63, 3.8) is 0 Å². The van der Waals surface area contributed by atoms with Crippen LogP contribution < -0.4 is 0 Å². The highest BCUT2D eigenvalue weighted by molar-refractivity contribution is 8.00. The number of nitrogens with zero attached hydrogens (tertiary/aromatic N) is 2. The van der Waals surface area contributed by atoms with Gasteiger partial charge in [0.25, 0.3) is 0 Å². The fraction of sp³-hybridized carbons (Fsp3) is 0.211. The monoisotopic (exact) mass is 460 g/mol. The highest BCUT2D eigenvalue weighted by Gasteiger charge is 2.14. The quantitative estimate of drug-likeness (QED) is 0.342. The maximum atomic E-state index is 6.21. The lowest BCUT2D eigenvalue weighted by Crippen LogP contribution is -2.18. The number of imidazole rings is 1. The van der Waals surface area contributed by atoms with E-state index >= 15 is 0 Å². The van der Waals surface area contributed by atoms with Crippen molar-refractivity contribution in [1.29, 1.82) is 0 Å². The Morgan fingerprint density at radius 3 is 2.56 bits per heavy atom. The van der Waals surface area contributed by atoms with E-state index in [4.69, 9.17) is 51.1 Å². The topological polar surface area (TPSA) is 27.1 Å². The first-order valence-corrected chi connectivity index (χ1v) is 10.5. The van der Waals surface area contributed by atoms with Gasteiger partial charge in [0.05, 0.1) is 34.8 Å². The van der Waals surface area contributed by atoms with Crippen molar-refractivity contribution >= 4 is 58.2 Å². The summed E-state index contributed by atoms with van der Waals surface area (Å²) in [5, 5.41) is 2.45. The van der Waals surface area contributed by atoms with Gasteiger partial charge in [-0.25, -0.2) is 4.98 Å². The molecule has 0 spiro atoms.